The molecule has 0 nitrogen and oxygen atoms in total. The fraction of sp³-hybridized carbons (Fsp3) is 0.200. The van der Waals surface area contributed by atoms with Gasteiger partial charge in [0.1, 0.15) is 0 Å². The van der Waals surface area contributed by atoms with Gasteiger partial charge in [0.25, 0.3) is 0 Å². The Hall–Kier alpha value is -1.60. The van der Waals surface area contributed by atoms with E-state index in [0.29, 0.717) is 0 Å². The molecule has 0 aromatic heterocycles. The normalized spacial score (nSPS) is 11.7. The summed E-state index contributed by atoms with van der Waals surface area (Å²) in [6, 6.07) is 26.3. The van der Waals surface area contributed by atoms with Crippen LogP contribution in [0, 0.1) is 0 Å². The van der Waals surface area contributed by atoms with E-state index in [-0.39, 0.29) is 0 Å². The summed E-state index contributed by atoms with van der Waals surface area (Å²) < 4.78 is 0. The molecule has 0 bridgehead atoms. The van der Waals surface area contributed by atoms with Crippen LogP contribution in [0.1, 0.15) is 0 Å². The zero-order valence-corrected chi connectivity index (χ0v) is 27.5. The first-order chi connectivity index (χ1) is 17.0. The van der Waals surface area contributed by atoms with Gasteiger partial charge in [-0.15, -0.1) is 0 Å². The third-order valence-corrected chi connectivity index (χ3v) is 12.6. The van der Waals surface area contributed by atoms with Crippen molar-refractivity contribution in [2.75, 3.05) is 0 Å². The molecule has 0 saturated carbocycles. The number of hydrogen-bond acceptors (Lipinski definition) is 0. The first-order valence-electron chi connectivity index (χ1n) is 12.6. The fourth-order valence-electron chi connectivity index (χ4n) is 4.92. The average Bonchev–Trinajstić information content (AvgIpc) is 2.83. The minimum Gasteiger partial charge on any atom is -0.0843 e. The van der Waals surface area contributed by atoms with Gasteiger partial charge in [-0.25, -0.2) is 0 Å². The molecule has 0 amide bonds. The van der Waals surface area contributed by atoms with Crippen LogP contribution < -0.4 is 15.6 Å². The lowest BCUT2D eigenvalue weighted by Crippen LogP contribution is -2.26. The van der Waals surface area contributed by atoms with Crippen molar-refractivity contribution in [2.45, 2.75) is 39.3 Å². The maximum absolute atomic E-state index is 6.45. The summed E-state index contributed by atoms with van der Waals surface area (Å²) in [5.74, 6) is 0. The molecule has 0 N–H and O–H groups in total. The Labute approximate surface area is 236 Å². The first kappa shape index (κ1) is 27.4. The maximum atomic E-state index is 6.45. The van der Waals surface area contributed by atoms with Gasteiger partial charge in [0.05, 0.1) is 26.4 Å². The second-order valence-corrected chi connectivity index (χ2v) is 20.6. The highest BCUT2D eigenvalue weighted by molar-refractivity contribution is 6.73. The molecule has 36 heavy (non-hydrogen) atoms. The molecule has 186 valence electrons. The van der Waals surface area contributed by atoms with Crippen LogP contribution in [0.5, 0.6) is 0 Å². The monoisotopic (exact) mass is 582 g/mol. The zero-order chi connectivity index (χ0) is 26.1. The standard InChI is InChI=1S/C30H33Cl3Si3/c1-34(2)28-16-22(31)7-10-25(28)19-13-20(26-11-8-23(32)17-29(26)35(3)4)15-21(14-19)27-12-9-24(33)18-30(27)36(5)6/h7-18,34-36H,1-6H3. The van der Waals surface area contributed by atoms with Gasteiger partial charge in [0.2, 0.25) is 0 Å². The van der Waals surface area contributed by atoms with E-state index < -0.39 is 26.4 Å². The van der Waals surface area contributed by atoms with Crippen LogP contribution in [0.4, 0.5) is 0 Å². The van der Waals surface area contributed by atoms with Crippen LogP contribution in [-0.4, -0.2) is 26.4 Å². The lowest BCUT2D eigenvalue weighted by atomic mass is 9.93. The highest BCUT2D eigenvalue weighted by Gasteiger charge is 2.18. The van der Waals surface area contributed by atoms with E-state index in [1.807, 2.05) is 18.2 Å². The molecule has 0 saturated heterocycles. The predicted molar refractivity (Wildman–Crippen MR) is 173 cm³/mol. The molecule has 6 heteroatoms. The molecule has 0 radical (unpaired) electrons. The second kappa shape index (κ2) is 11.4. The fourth-order valence-corrected chi connectivity index (χ4v) is 9.97. The Balaban J connectivity index is 2.06. The first-order valence-corrected chi connectivity index (χ1v) is 22.4. The van der Waals surface area contributed by atoms with Crippen molar-refractivity contribution in [2.24, 2.45) is 0 Å². The number of rotatable bonds is 6. The van der Waals surface area contributed by atoms with Crippen LogP contribution in [0.25, 0.3) is 33.4 Å². The number of benzene rings is 4. The van der Waals surface area contributed by atoms with Crippen LogP contribution in [0.2, 0.25) is 54.3 Å². The predicted octanol–water partition coefficient (Wildman–Crippen LogP) is 7.73. The van der Waals surface area contributed by atoms with Gasteiger partial charge in [-0.1, -0.05) is 108 Å². The van der Waals surface area contributed by atoms with E-state index in [1.165, 1.54) is 48.9 Å². The van der Waals surface area contributed by atoms with E-state index in [0.717, 1.165) is 15.1 Å². The van der Waals surface area contributed by atoms with Crippen molar-refractivity contribution in [3.8, 4) is 33.4 Å². The molecular formula is C30H33Cl3Si3. The molecule has 0 atom stereocenters. The average molecular weight is 584 g/mol. The van der Waals surface area contributed by atoms with Crippen molar-refractivity contribution in [1.29, 1.82) is 0 Å². The molecule has 4 rings (SSSR count). The Morgan fingerprint density at radius 1 is 0.389 bits per heavy atom. The highest BCUT2D eigenvalue weighted by Crippen LogP contribution is 2.33. The topological polar surface area (TPSA) is 0 Å². The Morgan fingerprint density at radius 2 is 0.639 bits per heavy atom. The zero-order valence-electron chi connectivity index (χ0n) is 21.8. The Kier molecular flexibility index (Phi) is 8.71. The minimum absolute atomic E-state index is 0.808. The summed E-state index contributed by atoms with van der Waals surface area (Å²) in [7, 11) is -3.35. The SMILES string of the molecule is C[SiH](C)c1cc(Cl)ccc1-c1cc(-c2ccc(Cl)cc2[SiH](C)C)cc(-c2ccc(Cl)cc2[SiH](C)C)c1. The summed E-state index contributed by atoms with van der Waals surface area (Å²) in [4.78, 5) is 0. The Morgan fingerprint density at radius 3 is 0.861 bits per heavy atom. The highest BCUT2D eigenvalue weighted by atomic mass is 35.5. The third kappa shape index (κ3) is 5.93. The third-order valence-electron chi connectivity index (χ3n) is 6.77. The molecule has 0 aliphatic heterocycles. The lowest BCUT2D eigenvalue weighted by molar-refractivity contribution is 1.58. The molecule has 0 aliphatic rings. The van der Waals surface area contributed by atoms with Gasteiger partial charge in [0.15, 0.2) is 0 Å². The lowest BCUT2D eigenvalue weighted by Gasteiger charge is -2.20. The van der Waals surface area contributed by atoms with E-state index in [2.05, 4.69) is 93.9 Å². The van der Waals surface area contributed by atoms with E-state index in [4.69, 9.17) is 34.8 Å². The summed E-state index contributed by atoms with van der Waals surface area (Å²) >= 11 is 19.3. The quantitative estimate of drug-likeness (QED) is 0.204. The number of hydrogen-bond donors (Lipinski definition) is 0. The molecule has 0 aliphatic carbocycles. The van der Waals surface area contributed by atoms with E-state index in [1.54, 1.807) is 0 Å². The summed E-state index contributed by atoms with van der Waals surface area (Å²) in [6.45, 7) is 14.2. The van der Waals surface area contributed by atoms with Crippen LogP contribution in [0.3, 0.4) is 0 Å². The van der Waals surface area contributed by atoms with Crippen molar-refractivity contribution in [3.63, 3.8) is 0 Å². The molecule has 0 heterocycles. The minimum atomic E-state index is -1.12. The molecule has 4 aromatic rings. The molecular weight excluding hydrogens is 551 g/mol. The summed E-state index contributed by atoms with van der Waals surface area (Å²) in [6.07, 6.45) is 0. The van der Waals surface area contributed by atoms with Crippen LogP contribution in [0.15, 0.2) is 72.8 Å². The van der Waals surface area contributed by atoms with Crippen LogP contribution >= 0.6 is 34.8 Å². The Bertz CT molecular complexity index is 1230. The van der Waals surface area contributed by atoms with Crippen LogP contribution in [-0.2, 0) is 0 Å². The van der Waals surface area contributed by atoms with Gasteiger partial charge in [0, 0.05) is 15.1 Å². The molecule has 4 aromatic carbocycles. The van der Waals surface area contributed by atoms with Crippen molar-refractivity contribution in [3.05, 3.63) is 87.9 Å². The van der Waals surface area contributed by atoms with Crippen molar-refractivity contribution < 1.29 is 0 Å². The van der Waals surface area contributed by atoms with E-state index >= 15 is 0 Å². The van der Waals surface area contributed by atoms with E-state index in [9.17, 15) is 0 Å². The molecule has 0 fully saturated rings. The summed E-state index contributed by atoms with van der Waals surface area (Å²) in [5, 5.41) is 6.62. The second-order valence-electron chi connectivity index (χ2n) is 10.5. The smallest absolute Gasteiger partial charge is 0.0656 e. The van der Waals surface area contributed by atoms with Gasteiger partial charge in [-0.05, 0) is 88.0 Å². The summed E-state index contributed by atoms with van der Waals surface area (Å²) in [5.41, 5.74) is 7.60. The van der Waals surface area contributed by atoms with Gasteiger partial charge in [-0.2, -0.15) is 0 Å². The van der Waals surface area contributed by atoms with Crippen molar-refractivity contribution in [1.82, 2.24) is 0 Å². The largest absolute Gasteiger partial charge is 0.0843 e. The molecule has 0 unspecified atom stereocenters. The van der Waals surface area contributed by atoms with Gasteiger partial charge in [-0.3, -0.25) is 0 Å². The molecule has 0 spiro atoms. The van der Waals surface area contributed by atoms with Crippen molar-refractivity contribution >= 4 is 76.8 Å². The van der Waals surface area contributed by atoms with Gasteiger partial charge >= 0.3 is 0 Å². The maximum Gasteiger partial charge on any atom is 0.0656 e. The van der Waals surface area contributed by atoms with Gasteiger partial charge < -0.3 is 0 Å². The number of halogens is 3.